The number of hydrogen-bond donors (Lipinski definition) is 2. The van der Waals surface area contributed by atoms with E-state index in [9.17, 15) is 14.4 Å². The number of aryl methyl sites for hydroxylation is 1. The number of nitrogens with one attached hydrogen (secondary N) is 1. The third-order valence-electron chi connectivity index (χ3n) is 8.49. The van der Waals surface area contributed by atoms with E-state index in [1.807, 2.05) is 0 Å². The van der Waals surface area contributed by atoms with Crippen LogP contribution >= 0.6 is 0 Å². The second-order valence-electron chi connectivity index (χ2n) is 11.2. The smallest absolute Gasteiger partial charge is 0.261 e. The van der Waals surface area contributed by atoms with E-state index in [1.54, 1.807) is 31.5 Å². The molecule has 3 aromatic heterocycles. The molecule has 3 N–H and O–H groups in total. The minimum Gasteiger partial charge on any atom is -0.383 e. The summed E-state index contributed by atoms with van der Waals surface area (Å²) in [5.74, 6) is -2.10. The average Bonchev–Trinajstić information content (AvgIpc) is 3.72. The predicted octanol–water partition coefficient (Wildman–Crippen LogP) is 3.20. The van der Waals surface area contributed by atoms with Crippen molar-refractivity contribution in [1.29, 1.82) is 0 Å². The maximum Gasteiger partial charge on any atom is 0.261 e. The zero-order chi connectivity index (χ0) is 31.0. The van der Waals surface area contributed by atoms with Gasteiger partial charge in [0.15, 0.2) is 0 Å². The van der Waals surface area contributed by atoms with Crippen LogP contribution in [0.5, 0.6) is 0 Å². The minimum atomic E-state index is -0.745. The number of ether oxygens (including phenoxy) is 1. The van der Waals surface area contributed by atoms with Crippen LogP contribution in [0.3, 0.4) is 0 Å². The fraction of sp³-hybridized carbons (Fsp3) is 0.355. The molecule has 0 unspecified atom stereocenters. The number of pyridine rings is 1. The van der Waals surface area contributed by atoms with Crippen molar-refractivity contribution in [2.45, 2.75) is 44.7 Å². The molecule has 2 aliphatic rings. The van der Waals surface area contributed by atoms with Gasteiger partial charge < -0.3 is 20.7 Å². The highest BCUT2D eigenvalue weighted by Gasteiger charge is 2.39. The summed E-state index contributed by atoms with van der Waals surface area (Å²) in [7, 11) is 1.51. The van der Waals surface area contributed by atoms with Gasteiger partial charge in [0.05, 0.1) is 77.3 Å². The van der Waals surface area contributed by atoms with Crippen molar-refractivity contribution in [2.24, 2.45) is 5.73 Å². The number of nitrogens with two attached hydrogens (primary N) is 1. The lowest BCUT2D eigenvalue weighted by molar-refractivity contribution is -0.117. The van der Waals surface area contributed by atoms with E-state index < -0.39 is 17.6 Å². The molecule has 44 heavy (non-hydrogen) atoms. The molecule has 13 heteroatoms. The zero-order valence-corrected chi connectivity index (χ0v) is 24.5. The highest BCUT2D eigenvalue weighted by atomic mass is 19.1. The number of nitrogens with zero attached hydrogens (tertiary/aromatic N) is 6. The standard InChI is InChI=1S/C31H33FN8O4/c1-18-27(12-20(13-34-18)37-29(41)17-39-21-4-5-22(39)7-6-21)38(9-10-44-2)31(43)23-8-3-19(11-25(23)32)26-16-40-28(15-35-26)24(14-36-40)30(33)42/h3,8,11-16,21-22H,4-7,9-10,17H2,1-2H3,(H2,33,42)(H,37,41). The summed E-state index contributed by atoms with van der Waals surface area (Å²) in [5, 5.41) is 7.05. The SMILES string of the molecule is COCCN(C(=O)c1ccc(-c2cn3ncc(C(N)=O)c3cn2)cc1F)c1cc(NC(=O)CN2C3CCC2CC3)cnc1C. The van der Waals surface area contributed by atoms with Gasteiger partial charge in [-0.15, -0.1) is 0 Å². The van der Waals surface area contributed by atoms with Gasteiger partial charge in [-0.1, -0.05) is 6.07 Å². The first-order chi connectivity index (χ1) is 21.2. The number of methoxy groups -OCH3 is 1. The van der Waals surface area contributed by atoms with E-state index in [4.69, 9.17) is 10.5 Å². The lowest BCUT2D eigenvalue weighted by atomic mass is 10.0. The van der Waals surface area contributed by atoms with Crippen LogP contribution in [0.1, 0.15) is 52.1 Å². The highest BCUT2D eigenvalue weighted by molar-refractivity contribution is 6.07. The molecule has 6 rings (SSSR count). The molecular weight excluding hydrogens is 567 g/mol. The Bertz CT molecular complexity index is 1740. The van der Waals surface area contributed by atoms with Gasteiger partial charge in [0.1, 0.15) is 5.82 Å². The number of carbonyl (C=O) groups excluding carboxylic acids is 3. The maximum absolute atomic E-state index is 15.6. The summed E-state index contributed by atoms with van der Waals surface area (Å²) in [6, 6.07) is 6.84. The summed E-state index contributed by atoms with van der Waals surface area (Å²) in [4.78, 5) is 50.7. The summed E-state index contributed by atoms with van der Waals surface area (Å²) < 4.78 is 22.2. The molecule has 0 aliphatic carbocycles. The number of hydrogen-bond acceptors (Lipinski definition) is 8. The summed E-state index contributed by atoms with van der Waals surface area (Å²) in [5.41, 5.74) is 8.09. The highest BCUT2D eigenvalue weighted by Crippen LogP contribution is 2.37. The lowest BCUT2D eigenvalue weighted by Crippen LogP contribution is -2.37. The summed E-state index contributed by atoms with van der Waals surface area (Å²) in [6.45, 7) is 2.39. The Hall–Kier alpha value is -4.75. The van der Waals surface area contributed by atoms with Crippen molar-refractivity contribution >= 4 is 34.6 Å². The Morgan fingerprint density at radius 1 is 1.07 bits per heavy atom. The van der Waals surface area contributed by atoms with Crippen LogP contribution in [0.15, 0.2) is 49.1 Å². The Balaban J connectivity index is 1.23. The van der Waals surface area contributed by atoms with Crippen molar-refractivity contribution in [2.75, 3.05) is 37.0 Å². The topological polar surface area (TPSA) is 148 Å². The quantitative estimate of drug-likeness (QED) is 0.282. The van der Waals surface area contributed by atoms with Gasteiger partial charge in [0, 0.05) is 31.3 Å². The number of halogens is 1. The van der Waals surface area contributed by atoms with Crippen LogP contribution in [-0.2, 0) is 9.53 Å². The van der Waals surface area contributed by atoms with E-state index in [0.717, 1.165) is 25.7 Å². The molecule has 4 aromatic rings. The number of amides is 3. The average molecular weight is 601 g/mol. The Morgan fingerprint density at radius 3 is 2.50 bits per heavy atom. The number of primary amides is 1. The Kier molecular flexibility index (Phi) is 8.06. The molecule has 1 aromatic carbocycles. The fourth-order valence-electron chi connectivity index (χ4n) is 6.24. The molecule has 228 valence electrons. The minimum absolute atomic E-state index is 0.132. The van der Waals surface area contributed by atoms with Crippen molar-refractivity contribution in [1.82, 2.24) is 24.5 Å². The van der Waals surface area contributed by atoms with Crippen molar-refractivity contribution in [3.63, 3.8) is 0 Å². The Labute approximate surface area is 253 Å². The molecule has 2 aliphatic heterocycles. The molecule has 12 nitrogen and oxygen atoms in total. The van der Waals surface area contributed by atoms with Crippen LogP contribution in [0, 0.1) is 12.7 Å². The van der Waals surface area contributed by atoms with Crippen molar-refractivity contribution < 1.29 is 23.5 Å². The monoisotopic (exact) mass is 600 g/mol. The number of fused-ring (bicyclic) bond motifs is 3. The first kappa shape index (κ1) is 29.3. The first-order valence-electron chi connectivity index (χ1n) is 14.5. The van der Waals surface area contributed by atoms with Crippen LogP contribution in [0.2, 0.25) is 0 Å². The predicted molar refractivity (Wildman–Crippen MR) is 161 cm³/mol. The fourth-order valence-corrected chi connectivity index (χ4v) is 6.24. The third-order valence-corrected chi connectivity index (χ3v) is 8.49. The molecule has 2 bridgehead atoms. The number of anilines is 2. The largest absolute Gasteiger partial charge is 0.383 e. The molecule has 3 amide bonds. The van der Waals surface area contributed by atoms with E-state index in [1.165, 1.54) is 41.1 Å². The maximum atomic E-state index is 15.6. The van der Waals surface area contributed by atoms with Gasteiger partial charge in [-0.05, 0) is 50.8 Å². The molecular formula is C31H33FN8O4. The van der Waals surface area contributed by atoms with Gasteiger partial charge >= 0.3 is 0 Å². The number of rotatable bonds is 10. The number of carbonyl (C=O) groups is 3. The van der Waals surface area contributed by atoms with Crippen LogP contribution < -0.4 is 16.0 Å². The van der Waals surface area contributed by atoms with Crippen molar-refractivity contribution in [3.8, 4) is 11.3 Å². The first-order valence-corrected chi connectivity index (χ1v) is 14.5. The molecule has 0 saturated carbocycles. The molecule has 0 atom stereocenters. The number of benzene rings is 1. The second kappa shape index (κ2) is 12.1. The molecule has 2 saturated heterocycles. The van der Waals surface area contributed by atoms with Gasteiger partial charge in [0.25, 0.3) is 11.8 Å². The molecule has 2 fully saturated rings. The summed E-state index contributed by atoms with van der Waals surface area (Å²) in [6.07, 6.45) is 10.4. The van der Waals surface area contributed by atoms with E-state index in [0.29, 0.717) is 52.5 Å². The Morgan fingerprint density at radius 2 is 1.82 bits per heavy atom. The normalized spacial score (nSPS) is 17.7. The zero-order valence-electron chi connectivity index (χ0n) is 24.5. The molecule has 0 radical (unpaired) electrons. The van der Waals surface area contributed by atoms with E-state index in [2.05, 4.69) is 25.3 Å². The molecule has 5 heterocycles. The number of aromatic nitrogens is 4. The second-order valence-corrected chi connectivity index (χ2v) is 11.2. The van der Waals surface area contributed by atoms with Crippen LogP contribution in [0.4, 0.5) is 15.8 Å². The molecule has 0 spiro atoms. The summed E-state index contributed by atoms with van der Waals surface area (Å²) >= 11 is 0. The van der Waals surface area contributed by atoms with Gasteiger partial charge in [-0.3, -0.25) is 29.3 Å². The lowest BCUT2D eigenvalue weighted by Gasteiger charge is -2.25. The van der Waals surface area contributed by atoms with Gasteiger partial charge in [0.2, 0.25) is 5.91 Å². The van der Waals surface area contributed by atoms with Gasteiger partial charge in [-0.2, -0.15) is 5.10 Å². The van der Waals surface area contributed by atoms with Gasteiger partial charge in [-0.25, -0.2) is 8.91 Å². The van der Waals surface area contributed by atoms with Crippen LogP contribution in [-0.4, -0.2) is 81.1 Å². The van der Waals surface area contributed by atoms with E-state index >= 15 is 4.39 Å². The third kappa shape index (κ3) is 5.63. The van der Waals surface area contributed by atoms with Crippen molar-refractivity contribution in [3.05, 3.63) is 71.7 Å². The van der Waals surface area contributed by atoms with E-state index in [-0.39, 0.29) is 30.2 Å². The van der Waals surface area contributed by atoms with Crippen LogP contribution in [0.25, 0.3) is 16.8 Å².